The summed E-state index contributed by atoms with van der Waals surface area (Å²) in [5.41, 5.74) is 1.43. The summed E-state index contributed by atoms with van der Waals surface area (Å²) in [6.07, 6.45) is 1.19. The number of hydrogen-bond donors (Lipinski definition) is 1. The molecule has 1 aliphatic heterocycles. The Labute approximate surface area is 131 Å². The van der Waals surface area contributed by atoms with Crippen LogP contribution in [0.15, 0.2) is 24.3 Å². The molecule has 0 aromatic heterocycles. The van der Waals surface area contributed by atoms with E-state index >= 15 is 0 Å². The lowest BCUT2D eigenvalue weighted by Gasteiger charge is -2.29. The summed E-state index contributed by atoms with van der Waals surface area (Å²) >= 11 is 0. The first kappa shape index (κ1) is 18.1. The minimum Gasteiger partial charge on any atom is -0.435 e. The fourth-order valence-electron chi connectivity index (χ4n) is 2.80. The maximum Gasteiger partial charge on any atom is 0.387 e. The highest BCUT2D eigenvalue weighted by atomic mass is 35.5. The Hall–Kier alpha value is -0.910. The molecule has 3 nitrogen and oxygen atoms in total. The second kappa shape index (κ2) is 7.92. The van der Waals surface area contributed by atoms with Crippen LogP contribution >= 0.6 is 12.4 Å². The van der Waals surface area contributed by atoms with Gasteiger partial charge in [-0.05, 0) is 43.1 Å². The summed E-state index contributed by atoms with van der Waals surface area (Å²) in [4.78, 5) is 2.27. The van der Waals surface area contributed by atoms with Gasteiger partial charge in [0.05, 0.1) is 0 Å². The quantitative estimate of drug-likeness (QED) is 0.871. The smallest absolute Gasteiger partial charge is 0.387 e. The van der Waals surface area contributed by atoms with Crippen LogP contribution in [0.5, 0.6) is 5.75 Å². The van der Waals surface area contributed by atoms with Crippen LogP contribution in [0.25, 0.3) is 0 Å². The molecule has 1 fully saturated rings. The molecule has 0 bridgehead atoms. The van der Waals surface area contributed by atoms with E-state index in [1.54, 1.807) is 12.1 Å². The molecule has 21 heavy (non-hydrogen) atoms. The molecule has 1 heterocycles. The van der Waals surface area contributed by atoms with Crippen LogP contribution in [0.2, 0.25) is 0 Å². The molecule has 1 atom stereocenters. The van der Waals surface area contributed by atoms with E-state index in [9.17, 15) is 8.78 Å². The van der Waals surface area contributed by atoms with Crippen molar-refractivity contribution in [1.29, 1.82) is 0 Å². The Morgan fingerprint density at radius 3 is 2.52 bits per heavy atom. The second-order valence-electron chi connectivity index (χ2n) is 5.93. The third-order valence-electron chi connectivity index (χ3n) is 3.71. The molecule has 0 spiro atoms. The number of nitrogens with one attached hydrogen (secondary N) is 1. The molecule has 2 rings (SSSR count). The average Bonchev–Trinajstić information content (AvgIpc) is 2.77. The topological polar surface area (TPSA) is 24.5 Å². The van der Waals surface area contributed by atoms with Crippen LogP contribution in [-0.4, -0.2) is 38.2 Å². The SMILES string of the molecule is CN(Cc1ccc(OC(F)F)cc1)CC1(C)CCNC1.Cl. The van der Waals surface area contributed by atoms with Gasteiger partial charge in [-0.15, -0.1) is 12.4 Å². The number of halogens is 3. The Kier molecular flexibility index (Phi) is 6.84. The molecule has 120 valence electrons. The summed E-state index contributed by atoms with van der Waals surface area (Å²) in [6.45, 7) is 3.50. The number of ether oxygens (including phenoxy) is 1. The number of alkyl halides is 2. The summed E-state index contributed by atoms with van der Waals surface area (Å²) in [5, 5.41) is 3.39. The molecule has 1 saturated heterocycles. The van der Waals surface area contributed by atoms with Crippen LogP contribution in [0.1, 0.15) is 18.9 Å². The van der Waals surface area contributed by atoms with Crippen molar-refractivity contribution in [1.82, 2.24) is 10.2 Å². The van der Waals surface area contributed by atoms with E-state index in [2.05, 4.69) is 28.9 Å². The van der Waals surface area contributed by atoms with Gasteiger partial charge in [-0.1, -0.05) is 19.1 Å². The second-order valence-corrected chi connectivity index (χ2v) is 5.93. The summed E-state index contributed by atoms with van der Waals surface area (Å²) in [6, 6.07) is 6.86. The monoisotopic (exact) mass is 320 g/mol. The van der Waals surface area contributed by atoms with Gasteiger partial charge in [-0.2, -0.15) is 8.78 Å². The van der Waals surface area contributed by atoms with Crippen LogP contribution < -0.4 is 10.1 Å². The third kappa shape index (κ3) is 5.77. The Morgan fingerprint density at radius 2 is 2.00 bits per heavy atom. The van der Waals surface area contributed by atoms with E-state index in [0.29, 0.717) is 5.41 Å². The highest BCUT2D eigenvalue weighted by Gasteiger charge is 2.29. The molecule has 1 aliphatic rings. The highest BCUT2D eigenvalue weighted by molar-refractivity contribution is 5.85. The summed E-state index contributed by atoms with van der Waals surface area (Å²) < 4.78 is 28.5. The molecule has 0 saturated carbocycles. The first-order valence-corrected chi connectivity index (χ1v) is 6.90. The van der Waals surface area contributed by atoms with Gasteiger partial charge in [0.15, 0.2) is 0 Å². The molecule has 1 unspecified atom stereocenters. The first-order chi connectivity index (χ1) is 9.47. The Morgan fingerprint density at radius 1 is 1.33 bits per heavy atom. The molecular weight excluding hydrogens is 298 g/mol. The Balaban J connectivity index is 0.00000220. The lowest BCUT2D eigenvalue weighted by molar-refractivity contribution is -0.0498. The van der Waals surface area contributed by atoms with Crippen molar-refractivity contribution in [2.75, 3.05) is 26.7 Å². The average molecular weight is 321 g/mol. The predicted molar refractivity (Wildman–Crippen MR) is 82.2 cm³/mol. The molecule has 1 N–H and O–H groups in total. The zero-order valence-electron chi connectivity index (χ0n) is 12.4. The normalized spacial score (nSPS) is 21.6. The van der Waals surface area contributed by atoms with Crippen molar-refractivity contribution in [3.63, 3.8) is 0 Å². The van der Waals surface area contributed by atoms with Crippen molar-refractivity contribution in [3.05, 3.63) is 29.8 Å². The number of nitrogens with zero attached hydrogens (tertiary/aromatic N) is 1. The van der Waals surface area contributed by atoms with E-state index < -0.39 is 6.61 Å². The van der Waals surface area contributed by atoms with Gasteiger partial charge in [0.2, 0.25) is 0 Å². The van der Waals surface area contributed by atoms with E-state index in [-0.39, 0.29) is 18.2 Å². The highest BCUT2D eigenvalue weighted by Crippen LogP contribution is 2.26. The van der Waals surface area contributed by atoms with Crippen LogP contribution in [0.3, 0.4) is 0 Å². The minimum atomic E-state index is -2.77. The first-order valence-electron chi connectivity index (χ1n) is 6.90. The maximum absolute atomic E-state index is 12.1. The lowest BCUT2D eigenvalue weighted by atomic mass is 9.89. The van der Waals surface area contributed by atoms with Gasteiger partial charge >= 0.3 is 6.61 Å². The van der Waals surface area contributed by atoms with Gasteiger partial charge in [0.25, 0.3) is 0 Å². The van der Waals surface area contributed by atoms with E-state index in [1.165, 1.54) is 6.42 Å². The minimum absolute atomic E-state index is 0. The van der Waals surface area contributed by atoms with Crippen LogP contribution in [0.4, 0.5) is 8.78 Å². The lowest BCUT2D eigenvalue weighted by Crippen LogP contribution is -2.34. The molecule has 1 aromatic carbocycles. The van der Waals surface area contributed by atoms with Crippen molar-refractivity contribution >= 4 is 12.4 Å². The molecule has 0 aliphatic carbocycles. The van der Waals surface area contributed by atoms with E-state index in [0.717, 1.165) is 31.7 Å². The summed E-state index contributed by atoms with van der Waals surface area (Å²) in [7, 11) is 2.09. The standard InChI is InChI=1S/C15H22F2N2O.ClH/c1-15(7-8-18-10-15)11-19(2)9-12-3-5-13(6-4-12)20-14(16)17;/h3-6,14,18H,7-11H2,1-2H3;1H. The Bertz CT molecular complexity index is 422. The van der Waals surface area contributed by atoms with Crippen molar-refractivity contribution in [2.45, 2.75) is 26.5 Å². The van der Waals surface area contributed by atoms with Gasteiger partial charge in [0.1, 0.15) is 5.75 Å². The maximum atomic E-state index is 12.1. The fourth-order valence-corrected chi connectivity index (χ4v) is 2.80. The van der Waals surface area contributed by atoms with Crippen LogP contribution in [0, 0.1) is 5.41 Å². The number of benzene rings is 1. The largest absolute Gasteiger partial charge is 0.435 e. The summed E-state index contributed by atoms with van der Waals surface area (Å²) in [5.74, 6) is 0.207. The van der Waals surface area contributed by atoms with Gasteiger partial charge in [-0.3, -0.25) is 0 Å². The molecule has 1 aromatic rings. The zero-order valence-corrected chi connectivity index (χ0v) is 13.3. The molecular formula is C15H23ClF2N2O. The fraction of sp³-hybridized carbons (Fsp3) is 0.600. The molecule has 0 radical (unpaired) electrons. The van der Waals surface area contributed by atoms with Gasteiger partial charge in [-0.25, -0.2) is 0 Å². The van der Waals surface area contributed by atoms with E-state index in [1.807, 2.05) is 12.1 Å². The number of hydrogen-bond acceptors (Lipinski definition) is 3. The predicted octanol–water partition coefficient (Wildman–Crippen LogP) is 3.14. The van der Waals surface area contributed by atoms with Gasteiger partial charge in [0, 0.05) is 19.6 Å². The van der Waals surface area contributed by atoms with E-state index in [4.69, 9.17) is 0 Å². The van der Waals surface area contributed by atoms with Crippen molar-refractivity contribution < 1.29 is 13.5 Å². The molecule has 0 amide bonds. The van der Waals surface area contributed by atoms with Crippen molar-refractivity contribution in [2.24, 2.45) is 5.41 Å². The number of rotatable bonds is 6. The van der Waals surface area contributed by atoms with Gasteiger partial charge < -0.3 is 15.0 Å². The third-order valence-corrected chi connectivity index (χ3v) is 3.71. The van der Waals surface area contributed by atoms with Crippen molar-refractivity contribution in [3.8, 4) is 5.75 Å². The van der Waals surface area contributed by atoms with Crippen LogP contribution in [-0.2, 0) is 6.54 Å². The molecule has 6 heteroatoms. The zero-order chi connectivity index (χ0) is 14.6.